The Hall–Kier alpha value is -4.78. The zero-order valence-electron chi connectivity index (χ0n) is 19.2. The van der Waals surface area contributed by atoms with Gasteiger partial charge in [0.2, 0.25) is 5.91 Å². The van der Waals surface area contributed by atoms with Crippen molar-refractivity contribution in [3.63, 3.8) is 0 Å². The van der Waals surface area contributed by atoms with Crippen LogP contribution in [0.5, 0.6) is 0 Å². The van der Waals surface area contributed by atoms with E-state index in [1.165, 1.54) is 24.3 Å². The number of carbonyl (C=O) groups is 5. The lowest BCUT2D eigenvalue weighted by Gasteiger charge is -2.40. The largest absolute Gasteiger partial charge is 0.481 e. The number of anilines is 1. The number of para-hydroxylation sites is 1. The third kappa shape index (κ3) is 6.21. The number of nitrogens with zero attached hydrogens (tertiary/aromatic N) is 1. The third-order valence-corrected chi connectivity index (χ3v) is 5.11. The molecule has 0 aliphatic carbocycles. The Morgan fingerprint density at radius 2 is 1.61 bits per heavy atom. The molecule has 190 valence electrons. The normalized spacial score (nSPS) is 12.9. The standard InChI is InChI=1S/C23H26N6O7/c1-13(30)23(21(34)35,28-22(36)27-12-14-7-9-15(10-8-14)19(25)26)29(16-5-3-2-4-6-16)20(33)17(24)11-18(31)32/h2-10,17H,11-12,24H2,1H3,(H3,25,26)(H,31,32)(H,34,35)(H2,27,28,36)/t17-,23-/m0/s1. The number of urea groups is 1. The van der Waals surface area contributed by atoms with E-state index >= 15 is 0 Å². The molecule has 2 aromatic carbocycles. The molecule has 0 aliphatic heterocycles. The minimum atomic E-state index is -2.95. The number of ketones is 1. The molecule has 9 N–H and O–H groups in total. The molecule has 0 bridgehead atoms. The molecule has 0 saturated carbocycles. The molecule has 13 nitrogen and oxygen atoms in total. The first-order chi connectivity index (χ1) is 16.9. The maximum atomic E-state index is 13.2. The van der Waals surface area contributed by atoms with Crippen LogP contribution in [0.3, 0.4) is 0 Å². The number of nitrogens with two attached hydrogens (primary N) is 2. The third-order valence-electron chi connectivity index (χ3n) is 5.11. The molecule has 0 aliphatic rings. The van der Waals surface area contributed by atoms with E-state index in [0.29, 0.717) is 16.0 Å². The summed E-state index contributed by atoms with van der Waals surface area (Å²) in [7, 11) is 0. The Balaban J connectivity index is 2.43. The number of carbonyl (C=O) groups excluding carboxylic acids is 3. The Labute approximate surface area is 205 Å². The number of nitrogen functional groups attached to an aromatic ring is 1. The zero-order valence-corrected chi connectivity index (χ0v) is 19.2. The summed E-state index contributed by atoms with van der Waals surface area (Å²) in [6.45, 7) is 0.760. The Bertz CT molecular complexity index is 1150. The first kappa shape index (κ1) is 27.5. The molecule has 13 heteroatoms. The summed E-state index contributed by atoms with van der Waals surface area (Å²) in [6, 6.07) is 10.5. The number of amidine groups is 1. The van der Waals surface area contributed by atoms with Gasteiger partial charge in [0.1, 0.15) is 5.84 Å². The van der Waals surface area contributed by atoms with Gasteiger partial charge in [0, 0.05) is 17.8 Å². The van der Waals surface area contributed by atoms with Crippen LogP contribution in [0.15, 0.2) is 54.6 Å². The van der Waals surface area contributed by atoms with Crippen LogP contribution in [0.4, 0.5) is 10.5 Å². The molecule has 0 fully saturated rings. The molecule has 0 radical (unpaired) electrons. The highest BCUT2D eigenvalue weighted by Crippen LogP contribution is 2.26. The Morgan fingerprint density at radius 3 is 2.08 bits per heavy atom. The lowest BCUT2D eigenvalue weighted by Crippen LogP contribution is -2.73. The van der Waals surface area contributed by atoms with Gasteiger partial charge in [0.05, 0.1) is 12.5 Å². The van der Waals surface area contributed by atoms with E-state index in [1.54, 1.807) is 30.3 Å². The van der Waals surface area contributed by atoms with Gasteiger partial charge in [-0.3, -0.25) is 30.0 Å². The van der Waals surface area contributed by atoms with Gasteiger partial charge in [-0.25, -0.2) is 9.59 Å². The van der Waals surface area contributed by atoms with Crippen molar-refractivity contribution >= 4 is 41.2 Å². The van der Waals surface area contributed by atoms with Crippen LogP contribution in [-0.4, -0.2) is 57.4 Å². The number of rotatable bonds is 11. The summed E-state index contributed by atoms with van der Waals surface area (Å²) in [6.07, 6.45) is -0.849. The van der Waals surface area contributed by atoms with Crippen LogP contribution in [0.1, 0.15) is 24.5 Å². The van der Waals surface area contributed by atoms with Crippen molar-refractivity contribution in [1.29, 1.82) is 5.41 Å². The fourth-order valence-electron chi connectivity index (χ4n) is 3.30. The number of carboxylic acids is 2. The smallest absolute Gasteiger partial charge is 0.359 e. The highest BCUT2D eigenvalue weighted by Gasteiger charge is 2.54. The first-order valence-corrected chi connectivity index (χ1v) is 10.5. The molecule has 2 rings (SSSR count). The van der Waals surface area contributed by atoms with Gasteiger partial charge in [0.15, 0.2) is 5.78 Å². The summed E-state index contributed by atoms with van der Waals surface area (Å²) in [4.78, 5) is 62.8. The molecule has 3 amide bonds. The molecular weight excluding hydrogens is 472 g/mol. The van der Waals surface area contributed by atoms with Crippen LogP contribution in [-0.2, 0) is 25.7 Å². The van der Waals surface area contributed by atoms with Gasteiger partial charge in [-0.05, 0) is 24.6 Å². The van der Waals surface area contributed by atoms with E-state index in [-0.39, 0.29) is 18.1 Å². The van der Waals surface area contributed by atoms with Crippen molar-refractivity contribution in [1.82, 2.24) is 10.6 Å². The number of hydrogen-bond acceptors (Lipinski definition) is 7. The van der Waals surface area contributed by atoms with Crippen LogP contribution >= 0.6 is 0 Å². The Kier molecular flexibility index (Phi) is 8.83. The lowest BCUT2D eigenvalue weighted by atomic mass is 9.99. The fraction of sp³-hybridized carbons (Fsp3) is 0.217. The van der Waals surface area contributed by atoms with Gasteiger partial charge in [-0.2, -0.15) is 0 Å². The molecule has 0 saturated heterocycles. The average Bonchev–Trinajstić information content (AvgIpc) is 2.82. The SMILES string of the molecule is CC(=O)[C@@](NC(=O)NCc1ccc(C(=N)N)cc1)(C(=O)O)N(C(=O)[C@@H](N)CC(=O)O)c1ccccc1. The van der Waals surface area contributed by atoms with E-state index in [4.69, 9.17) is 22.0 Å². The minimum Gasteiger partial charge on any atom is -0.481 e. The topological polar surface area (TPSA) is 229 Å². The second-order valence-electron chi connectivity index (χ2n) is 7.70. The zero-order chi connectivity index (χ0) is 27.0. The summed E-state index contributed by atoms with van der Waals surface area (Å²) >= 11 is 0. The van der Waals surface area contributed by atoms with E-state index < -0.39 is 47.8 Å². The maximum absolute atomic E-state index is 13.2. The average molecular weight is 498 g/mol. The second-order valence-corrected chi connectivity index (χ2v) is 7.70. The number of aliphatic carboxylic acids is 2. The molecule has 2 atom stereocenters. The molecule has 0 aromatic heterocycles. The minimum absolute atomic E-state index is 0.102. The number of nitrogens with one attached hydrogen (secondary N) is 3. The van der Waals surface area contributed by atoms with Crippen molar-refractivity contribution < 1.29 is 34.2 Å². The van der Waals surface area contributed by atoms with Crippen molar-refractivity contribution in [2.45, 2.75) is 31.6 Å². The van der Waals surface area contributed by atoms with E-state index in [9.17, 15) is 29.1 Å². The predicted molar refractivity (Wildman–Crippen MR) is 128 cm³/mol. The monoisotopic (exact) mass is 498 g/mol. The summed E-state index contributed by atoms with van der Waals surface area (Å²) in [5, 5.41) is 31.0. The molecular formula is C23H26N6O7. The quantitative estimate of drug-likeness (QED) is 0.0953. The summed E-state index contributed by atoms with van der Waals surface area (Å²) < 4.78 is 0. The van der Waals surface area contributed by atoms with Gasteiger partial charge >= 0.3 is 18.0 Å². The van der Waals surface area contributed by atoms with Crippen molar-refractivity contribution in [2.24, 2.45) is 11.5 Å². The van der Waals surface area contributed by atoms with Crippen LogP contribution in [0, 0.1) is 5.41 Å². The molecule has 0 spiro atoms. The maximum Gasteiger partial charge on any atom is 0.359 e. The summed E-state index contributed by atoms with van der Waals surface area (Å²) in [5.41, 5.74) is 9.09. The van der Waals surface area contributed by atoms with Crippen molar-refractivity contribution in [3.8, 4) is 0 Å². The molecule has 36 heavy (non-hydrogen) atoms. The number of Topliss-reactive ketones (excluding diaryl/α,β-unsaturated/α-hetero) is 1. The van der Waals surface area contributed by atoms with Crippen molar-refractivity contribution in [2.75, 3.05) is 4.90 Å². The van der Waals surface area contributed by atoms with Gasteiger partial charge in [0.25, 0.3) is 5.66 Å². The predicted octanol–water partition coefficient (Wildman–Crippen LogP) is -0.0250. The summed E-state index contributed by atoms with van der Waals surface area (Å²) in [5.74, 6) is -5.81. The van der Waals surface area contributed by atoms with Crippen LogP contribution in [0.25, 0.3) is 0 Å². The van der Waals surface area contributed by atoms with Crippen molar-refractivity contribution in [3.05, 3.63) is 65.7 Å². The molecule has 0 heterocycles. The number of amides is 3. The molecule has 0 unspecified atom stereocenters. The van der Waals surface area contributed by atoms with Gasteiger partial charge in [-0.15, -0.1) is 0 Å². The number of carboxylic acid groups (broad SMARTS) is 2. The van der Waals surface area contributed by atoms with E-state index in [0.717, 1.165) is 6.92 Å². The van der Waals surface area contributed by atoms with Gasteiger partial charge < -0.3 is 27.0 Å². The Morgan fingerprint density at radius 1 is 1.03 bits per heavy atom. The highest BCUT2D eigenvalue weighted by molar-refractivity contribution is 6.18. The van der Waals surface area contributed by atoms with Crippen LogP contribution < -0.4 is 27.0 Å². The lowest BCUT2D eigenvalue weighted by molar-refractivity contribution is -0.151. The van der Waals surface area contributed by atoms with Gasteiger partial charge in [-0.1, -0.05) is 42.5 Å². The fourth-order valence-corrected chi connectivity index (χ4v) is 3.30. The first-order valence-electron chi connectivity index (χ1n) is 10.5. The number of hydrogen-bond donors (Lipinski definition) is 7. The van der Waals surface area contributed by atoms with E-state index in [2.05, 4.69) is 10.6 Å². The van der Waals surface area contributed by atoms with E-state index in [1.807, 2.05) is 0 Å². The molecule has 2 aromatic rings. The number of benzene rings is 2. The van der Waals surface area contributed by atoms with Crippen LogP contribution in [0.2, 0.25) is 0 Å². The second kappa shape index (κ2) is 11.6. The highest BCUT2D eigenvalue weighted by atomic mass is 16.4.